The van der Waals surface area contributed by atoms with Gasteiger partial charge in [-0.05, 0) is 18.2 Å². The molecule has 0 atom stereocenters. The van der Waals surface area contributed by atoms with E-state index in [1.54, 1.807) is 0 Å². The molecule has 1 aromatic rings. The van der Waals surface area contributed by atoms with Gasteiger partial charge in [-0.2, -0.15) is 0 Å². The van der Waals surface area contributed by atoms with E-state index >= 15 is 0 Å². The van der Waals surface area contributed by atoms with Crippen molar-refractivity contribution < 1.29 is 90.2 Å². The van der Waals surface area contributed by atoms with Crippen LogP contribution in [0, 0.1) is 0 Å². The Labute approximate surface area is 142 Å². The van der Waals surface area contributed by atoms with Crippen LogP contribution in [0.3, 0.4) is 0 Å². The van der Waals surface area contributed by atoms with Gasteiger partial charge in [0.25, 0.3) is 0 Å². The molecule has 84 valence electrons. The molecule has 0 bridgehead atoms. The summed E-state index contributed by atoms with van der Waals surface area (Å²) < 4.78 is 63.0. The van der Waals surface area contributed by atoms with Gasteiger partial charge in [0.15, 0.2) is 0 Å². The Morgan fingerprint density at radius 1 is 0.824 bits per heavy atom. The van der Waals surface area contributed by atoms with Crippen LogP contribution in [0.15, 0.2) is 28.0 Å². The first-order valence-electron chi connectivity index (χ1n) is 3.36. The zero-order chi connectivity index (χ0) is 11.9. The smallest absolute Gasteiger partial charge is 0.744 e. The summed E-state index contributed by atoms with van der Waals surface area (Å²) in [6.07, 6.45) is 0. The van der Waals surface area contributed by atoms with Crippen LogP contribution in [0.4, 0.5) is 0 Å². The summed E-state index contributed by atoms with van der Waals surface area (Å²) in [6, 6.07) is 1.50. The van der Waals surface area contributed by atoms with Crippen LogP contribution >= 0.6 is 0 Å². The van der Waals surface area contributed by atoms with Crippen molar-refractivity contribution in [3.8, 4) is 5.75 Å². The molecule has 0 unspecified atom stereocenters. The van der Waals surface area contributed by atoms with E-state index < -0.39 is 35.8 Å². The molecule has 0 fully saturated rings. The summed E-state index contributed by atoms with van der Waals surface area (Å²) in [7, 11) is -9.84. The van der Waals surface area contributed by atoms with Crippen LogP contribution in [0.5, 0.6) is 5.75 Å². The fourth-order valence-electron chi connectivity index (χ4n) is 0.845. The second-order valence-corrected chi connectivity index (χ2v) is 5.33. The van der Waals surface area contributed by atoms with Gasteiger partial charge in [0.2, 0.25) is 0 Å². The molecule has 7 nitrogen and oxygen atoms in total. The number of phenols is 1. The average Bonchev–Trinajstić information content (AvgIpc) is 1.99. The van der Waals surface area contributed by atoms with Gasteiger partial charge in [-0.3, -0.25) is 0 Å². The molecule has 0 aromatic heterocycles. The van der Waals surface area contributed by atoms with E-state index in [2.05, 4.69) is 0 Å². The number of benzene rings is 1. The summed E-state index contributed by atoms with van der Waals surface area (Å²) in [6.45, 7) is 0. The predicted octanol–water partition coefficient (Wildman–Crippen LogP) is -6.79. The number of hydrogen-bond acceptors (Lipinski definition) is 7. The van der Waals surface area contributed by atoms with Crippen molar-refractivity contribution in [1.29, 1.82) is 0 Å². The first-order valence-corrected chi connectivity index (χ1v) is 6.18. The normalized spacial score (nSPS) is 11.2. The molecule has 1 N–H and O–H groups in total. The maximum Gasteiger partial charge on any atom is 1.00 e. The largest absolute Gasteiger partial charge is 1.00 e. The van der Waals surface area contributed by atoms with E-state index in [9.17, 15) is 25.9 Å². The van der Waals surface area contributed by atoms with E-state index in [0.717, 1.165) is 0 Å². The molecule has 1 aromatic carbocycles. The van der Waals surface area contributed by atoms with Crippen LogP contribution in [0.25, 0.3) is 0 Å². The maximum absolute atomic E-state index is 10.5. The molecule has 1 rings (SSSR count). The molecule has 0 aliphatic carbocycles. The Hall–Kier alpha value is 0.840. The van der Waals surface area contributed by atoms with Gasteiger partial charge >= 0.3 is 59.1 Å². The van der Waals surface area contributed by atoms with Gasteiger partial charge in [-0.15, -0.1) is 0 Å². The molecule has 0 amide bonds. The van der Waals surface area contributed by atoms with Crippen molar-refractivity contribution in [2.24, 2.45) is 0 Å². The van der Waals surface area contributed by atoms with E-state index in [1.165, 1.54) is 0 Å². The molecule has 0 heterocycles. The van der Waals surface area contributed by atoms with E-state index in [-0.39, 0.29) is 59.1 Å². The van der Waals surface area contributed by atoms with Crippen molar-refractivity contribution in [3.05, 3.63) is 18.2 Å². The van der Waals surface area contributed by atoms with Crippen LogP contribution in [-0.2, 0) is 20.2 Å². The minimum absolute atomic E-state index is 0. The topological polar surface area (TPSA) is 135 Å². The molecular formula is C6H4Na2O7S2. The maximum atomic E-state index is 10.5. The van der Waals surface area contributed by atoms with Crippen molar-refractivity contribution in [2.45, 2.75) is 9.79 Å². The van der Waals surface area contributed by atoms with Gasteiger partial charge in [-0.25, -0.2) is 16.8 Å². The van der Waals surface area contributed by atoms with E-state index in [1.807, 2.05) is 0 Å². The SMILES string of the molecule is O=S(=O)([O-])c1cc(O)cc(S(=O)(=O)[O-])c1.[Na+].[Na+]. The molecule has 11 heteroatoms. The number of rotatable bonds is 2. The van der Waals surface area contributed by atoms with Crippen LogP contribution in [0.2, 0.25) is 0 Å². The van der Waals surface area contributed by atoms with Gasteiger partial charge in [0.05, 0.1) is 9.79 Å². The third kappa shape index (κ3) is 6.01. The standard InChI is InChI=1S/C6H6O7S2.2Na/c7-4-1-5(14(8,9)10)3-6(2-4)15(11,12)13;;/h1-3,7H,(H,8,9,10)(H,11,12,13);;/q;2*+1/p-2. The molecule has 0 aliphatic rings. The van der Waals surface area contributed by atoms with Crippen molar-refractivity contribution in [2.75, 3.05) is 0 Å². The minimum Gasteiger partial charge on any atom is -0.744 e. The number of phenolic OH excluding ortho intramolecular Hbond substituents is 1. The van der Waals surface area contributed by atoms with Gasteiger partial charge in [-0.1, -0.05) is 0 Å². The average molecular weight is 298 g/mol. The van der Waals surface area contributed by atoms with Crippen LogP contribution in [-0.4, -0.2) is 31.0 Å². The Bertz CT molecular complexity index is 543. The monoisotopic (exact) mass is 298 g/mol. The first kappa shape index (κ1) is 20.2. The second-order valence-electron chi connectivity index (χ2n) is 2.57. The Kier molecular flexibility index (Phi) is 8.12. The first-order chi connectivity index (χ1) is 6.60. The molecule has 0 saturated heterocycles. The summed E-state index contributed by atoms with van der Waals surface area (Å²) in [5.74, 6) is -0.790. The molecular weight excluding hydrogens is 294 g/mol. The zero-order valence-electron chi connectivity index (χ0n) is 8.95. The summed E-state index contributed by atoms with van der Waals surface area (Å²) in [4.78, 5) is -1.95. The minimum atomic E-state index is -4.92. The van der Waals surface area contributed by atoms with Gasteiger partial charge in [0, 0.05) is 0 Å². The predicted molar refractivity (Wildman–Crippen MR) is 44.0 cm³/mol. The quantitative estimate of drug-likeness (QED) is 0.423. The van der Waals surface area contributed by atoms with E-state index in [4.69, 9.17) is 5.11 Å². The number of aromatic hydroxyl groups is 1. The zero-order valence-corrected chi connectivity index (χ0v) is 14.6. The second kappa shape index (κ2) is 6.85. The molecule has 0 aliphatic heterocycles. The van der Waals surface area contributed by atoms with Crippen LogP contribution in [0.1, 0.15) is 0 Å². The summed E-state index contributed by atoms with van der Waals surface area (Å²) in [5, 5.41) is 8.91. The third-order valence-corrected chi connectivity index (χ3v) is 3.07. The van der Waals surface area contributed by atoms with Crippen molar-refractivity contribution in [3.63, 3.8) is 0 Å². The van der Waals surface area contributed by atoms with E-state index in [0.29, 0.717) is 18.2 Å². The Balaban J connectivity index is 0. The van der Waals surface area contributed by atoms with Gasteiger partial charge < -0.3 is 14.2 Å². The fraction of sp³-hybridized carbons (Fsp3) is 0. The molecule has 0 saturated carbocycles. The molecule has 0 radical (unpaired) electrons. The number of hydrogen-bond donors (Lipinski definition) is 1. The summed E-state index contributed by atoms with van der Waals surface area (Å²) in [5.41, 5.74) is 0. The summed E-state index contributed by atoms with van der Waals surface area (Å²) >= 11 is 0. The molecule has 17 heavy (non-hydrogen) atoms. The van der Waals surface area contributed by atoms with Crippen molar-refractivity contribution >= 4 is 20.2 Å². The molecule has 0 spiro atoms. The van der Waals surface area contributed by atoms with Crippen LogP contribution < -0.4 is 59.1 Å². The van der Waals surface area contributed by atoms with Crippen molar-refractivity contribution in [1.82, 2.24) is 0 Å². The Morgan fingerprint density at radius 3 is 1.35 bits per heavy atom. The van der Waals surface area contributed by atoms with Gasteiger partial charge in [0.1, 0.15) is 26.0 Å². The fourth-order valence-corrected chi connectivity index (χ4v) is 1.99. The third-order valence-electron chi connectivity index (χ3n) is 1.44. The Morgan fingerprint density at radius 2 is 1.12 bits per heavy atom.